The van der Waals surface area contributed by atoms with Crippen molar-refractivity contribution < 1.29 is 13.9 Å². The second-order valence-electron chi connectivity index (χ2n) is 7.64. The lowest BCUT2D eigenvalue weighted by molar-refractivity contribution is 0.206. The van der Waals surface area contributed by atoms with Crippen molar-refractivity contribution in [2.24, 2.45) is 0 Å². The maximum atomic E-state index is 11.5. The summed E-state index contributed by atoms with van der Waals surface area (Å²) < 4.78 is 17.5. The Morgan fingerprint density at radius 3 is 2.97 bits per heavy atom. The van der Waals surface area contributed by atoms with Gasteiger partial charge < -0.3 is 18.9 Å². The van der Waals surface area contributed by atoms with E-state index in [4.69, 9.17) is 13.9 Å². The minimum atomic E-state index is -0.104. The maximum absolute atomic E-state index is 11.5. The molecule has 2 aromatic carbocycles. The first kappa shape index (κ1) is 18.8. The Morgan fingerprint density at radius 1 is 1.17 bits per heavy atom. The number of benzene rings is 2. The van der Waals surface area contributed by atoms with Crippen molar-refractivity contribution in [3.05, 3.63) is 70.2 Å². The number of aromatic amines is 1. The molecule has 0 saturated carbocycles. The molecule has 6 nitrogen and oxygen atoms in total. The number of rotatable bonds is 6. The van der Waals surface area contributed by atoms with E-state index >= 15 is 0 Å². The van der Waals surface area contributed by atoms with Crippen LogP contribution in [0.5, 0.6) is 11.5 Å². The Kier molecular flexibility index (Phi) is 4.93. The summed E-state index contributed by atoms with van der Waals surface area (Å²) in [5, 5.41) is 2.16. The van der Waals surface area contributed by atoms with Crippen LogP contribution in [0.3, 0.4) is 0 Å². The number of ether oxygens (including phenoxy) is 2. The molecule has 0 fully saturated rings. The average molecular weight is 404 g/mol. The molecule has 30 heavy (non-hydrogen) atoms. The molecule has 4 aromatic rings. The minimum Gasteiger partial charge on any atom is -0.493 e. The maximum Gasteiger partial charge on any atom is 0.248 e. The highest BCUT2D eigenvalue weighted by molar-refractivity contribution is 5.87. The molecule has 0 saturated heterocycles. The highest BCUT2D eigenvalue weighted by Crippen LogP contribution is 2.35. The summed E-state index contributed by atoms with van der Waals surface area (Å²) in [4.78, 5) is 16.7. The largest absolute Gasteiger partial charge is 0.493 e. The number of pyridine rings is 1. The fourth-order valence-electron chi connectivity index (χ4n) is 4.20. The molecule has 1 aliphatic rings. The second-order valence-corrected chi connectivity index (χ2v) is 7.64. The van der Waals surface area contributed by atoms with Crippen molar-refractivity contribution in [1.29, 1.82) is 0 Å². The van der Waals surface area contributed by atoms with Crippen molar-refractivity contribution in [3.63, 3.8) is 0 Å². The summed E-state index contributed by atoms with van der Waals surface area (Å²) in [6.07, 6.45) is 1.90. The smallest absolute Gasteiger partial charge is 0.248 e. The van der Waals surface area contributed by atoms with Gasteiger partial charge in [-0.2, -0.15) is 0 Å². The Balaban J connectivity index is 1.19. The number of para-hydroxylation sites is 1. The van der Waals surface area contributed by atoms with Gasteiger partial charge in [0.15, 0.2) is 11.3 Å². The van der Waals surface area contributed by atoms with E-state index in [9.17, 15) is 4.79 Å². The van der Waals surface area contributed by atoms with Gasteiger partial charge in [-0.3, -0.25) is 9.69 Å². The standard InChI is InChI=1S/C24H24N2O4/c1-28-21-5-2-4-19-18-10-12-26(15-22(18)30-24(19)21)11-3-13-29-17-8-6-16-7-9-23(27)25-20(16)14-17/h2,4-9,14H,3,10-13,15H2,1H3,(H,25,27). The van der Waals surface area contributed by atoms with E-state index in [0.29, 0.717) is 6.61 Å². The van der Waals surface area contributed by atoms with Crippen LogP contribution >= 0.6 is 0 Å². The molecule has 1 N–H and O–H groups in total. The summed E-state index contributed by atoms with van der Waals surface area (Å²) in [6.45, 7) is 3.39. The molecule has 3 heterocycles. The van der Waals surface area contributed by atoms with E-state index in [1.54, 1.807) is 7.11 Å². The van der Waals surface area contributed by atoms with E-state index in [1.807, 2.05) is 36.4 Å². The van der Waals surface area contributed by atoms with Gasteiger partial charge in [-0.1, -0.05) is 12.1 Å². The van der Waals surface area contributed by atoms with Gasteiger partial charge in [-0.05, 0) is 42.5 Å². The molecule has 0 spiro atoms. The Bertz CT molecular complexity index is 1260. The van der Waals surface area contributed by atoms with Gasteiger partial charge in [-0.15, -0.1) is 0 Å². The molecule has 1 aliphatic heterocycles. The first-order chi connectivity index (χ1) is 14.7. The molecule has 0 radical (unpaired) electrons. The van der Waals surface area contributed by atoms with E-state index < -0.39 is 0 Å². The summed E-state index contributed by atoms with van der Waals surface area (Å²) in [5.74, 6) is 2.60. The molecule has 5 rings (SSSR count). The van der Waals surface area contributed by atoms with E-state index in [1.165, 1.54) is 17.0 Å². The predicted molar refractivity (Wildman–Crippen MR) is 116 cm³/mol. The number of methoxy groups -OCH3 is 1. The zero-order valence-electron chi connectivity index (χ0n) is 16.9. The van der Waals surface area contributed by atoms with E-state index in [-0.39, 0.29) is 5.56 Å². The molecule has 2 aromatic heterocycles. The molecule has 6 heteroatoms. The molecule has 154 valence electrons. The summed E-state index contributed by atoms with van der Waals surface area (Å²) in [5.41, 5.74) is 2.85. The number of H-pyrrole nitrogens is 1. The van der Waals surface area contributed by atoms with Gasteiger partial charge in [0, 0.05) is 36.2 Å². The molecular weight excluding hydrogens is 380 g/mol. The SMILES string of the molecule is COc1cccc2c3c(oc12)CN(CCCOc1ccc2ccc(=O)[nH]c2c1)CC3. The van der Waals surface area contributed by atoms with Crippen LogP contribution in [0.4, 0.5) is 0 Å². The average Bonchev–Trinajstić information content (AvgIpc) is 3.14. The van der Waals surface area contributed by atoms with Crippen molar-refractivity contribution >= 4 is 21.9 Å². The molecule has 0 bridgehead atoms. The van der Waals surface area contributed by atoms with Crippen molar-refractivity contribution in [1.82, 2.24) is 9.88 Å². The Labute approximate surface area is 174 Å². The van der Waals surface area contributed by atoms with Gasteiger partial charge in [0.1, 0.15) is 11.5 Å². The normalized spacial score (nSPS) is 14.2. The molecule has 0 atom stereocenters. The summed E-state index contributed by atoms with van der Waals surface area (Å²) in [6, 6.07) is 15.2. The number of aromatic nitrogens is 1. The first-order valence-corrected chi connectivity index (χ1v) is 10.3. The molecule has 0 amide bonds. The summed E-state index contributed by atoms with van der Waals surface area (Å²) in [7, 11) is 1.68. The lowest BCUT2D eigenvalue weighted by atomic mass is 10.0. The fraction of sp³-hybridized carbons (Fsp3) is 0.292. The Morgan fingerprint density at radius 2 is 2.07 bits per heavy atom. The van der Waals surface area contributed by atoms with Gasteiger partial charge in [0.25, 0.3) is 0 Å². The predicted octanol–water partition coefficient (Wildman–Crippen LogP) is 4.11. The number of nitrogens with zero attached hydrogens (tertiary/aromatic N) is 1. The minimum absolute atomic E-state index is 0.104. The van der Waals surface area contributed by atoms with Crippen LogP contribution in [0.2, 0.25) is 0 Å². The van der Waals surface area contributed by atoms with Crippen LogP contribution in [0.15, 0.2) is 57.7 Å². The van der Waals surface area contributed by atoms with Crippen LogP contribution < -0.4 is 15.0 Å². The zero-order chi connectivity index (χ0) is 20.5. The number of hydrogen-bond acceptors (Lipinski definition) is 5. The van der Waals surface area contributed by atoms with Gasteiger partial charge in [0.2, 0.25) is 5.56 Å². The van der Waals surface area contributed by atoms with E-state index in [0.717, 1.165) is 66.2 Å². The Hall–Kier alpha value is -3.25. The van der Waals surface area contributed by atoms with Crippen LogP contribution in [-0.4, -0.2) is 36.7 Å². The lowest BCUT2D eigenvalue weighted by Crippen LogP contribution is -2.31. The number of fused-ring (bicyclic) bond motifs is 4. The van der Waals surface area contributed by atoms with E-state index in [2.05, 4.69) is 16.0 Å². The third-order valence-corrected chi connectivity index (χ3v) is 5.72. The molecule has 0 aliphatic carbocycles. The van der Waals surface area contributed by atoms with Crippen molar-refractivity contribution in [3.8, 4) is 11.5 Å². The van der Waals surface area contributed by atoms with Crippen LogP contribution in [-0.2, 0) is 13.0 Å². The van der Waals surface area contributed by atoms with Gasteiger partial charge in [-0.25, -0.2) is 0 Å². The van der Waals surface area contributed by atoms with Crippen molar-refractivity contribution in [2.75, 3.05) is 26.8 Å². The van der Waals surface area contributed by atoms with Crippen molar-refractivity contribution in [2.45, 2.75) is 19.4 Å². The lowest BCUT2D eigenvalue weighted by Gasteiger charge is -2.25. The topological polar surface area (TPSA) is 67.7 Å². The quantitative estimate of drug-likeness (QED) is 0.490. The highest BCUT2D eigenvalue weighted by atomic mass is 16.5. The third-order valence-electron chi connectivity index (χ3n) is 5.72. The van der Waals surface area contributed by atoms with Crippen LogP contribution in [0.1, 0.15) is 17.7 Å². The van der Waals surface area contributed by atoms with Gasteiger partial charge >= 0.3 is 0 Å². The van der Waals surface area contributed by atoms with Crippen LogP contribution in [0, 0.1) is 0 Å². The first-order valence-electron chi connectivity index (χ1n) is 10.3. The van der Waals surface area contributed by atoms with Crippen LogP contribution in [0.25, 0.3) is 21.9 Å². The molecular formula is C24H24N2O4. The fourth-order valence-corrected chi connectivity index (χ4v) is 4.20. The summed E-state index contributed by atoms with van der Waals surface area (Å²) >= 11 is 0. The number of hydrogen-bond donors (Lipinski definition) is 1. The monoisotopic (exact) mass is 404 g/mol. The zero-order valence-corrected chi connectivity index (χ0v) is 16.9. The third kappa shape index (κ3) is 3.55. The highest BCUT2D eigenvalue weighted by Gasteiger charge is 2.23. The second kappa shape index (κ2) is 7.88. The number of furan rings is 1. The number of nitrogens with one attached hydrogen (secondary N) is 1. The molecule has 0 unspecified atom stereocenters. The van der Waals surface area contributed by atoms with Gasteiger partial charge in [0.05, 0.1) is 25.8 Å².